The van der Waals surface area contributed by atoms with Crippen LogP contribution in [-0.2, 0) is 16.7 Å². The number of hydrogen-bond donors (Lipinski definition) is 1. The van der Waals surface area contributed by atoms with Gasteiger partial charge in [-0.1, -0.05) is 6.07 Å². The van der Waals surface area contributed by atoms with Crippen LogP contribution in [0.25, 0.3) is 0 Å². The molecule has 0 fully saturated rings. The van der Waals surface area contributed by atoms with Gasteiger partial charge in [0.25, 0.3) is 0 Å². The molecular weight excluding hydrogens is 218 g/mol. The third-order valence-corrected chi connectivity index (χ3v) is 1.35. The standard InChI is InChI=1S/C8H12NO.CH4O3S/c10-8-4-7-9-5-2-1-3-6-9;1-5(2,3)4/h1-3,5-6,10H,4,7-8H2;1H3,(H,2,3,4)/q+1;/p-1. The van der Waals surface area contributed by atoms with Crippen LogP contribution in [0.4, 0.5) is 0 Å². The fourth-order valence-electron chi connectivity index (χ4n) is 0.837. The Morgan fingerprint density at radius 1 is 1.27 bits per heavy atom. The topological polar surface area (TPSA) is 81.3 Å². The van der Waals surface area contributed by atoms with Crippen molar-refractivity contribution < 1.29 is 22.6 Å². The molecule has 0 saturated heterocycles. The van der Waals surface area contributed by atoms with Crippen molar-refractivity contribution in [3.63, 3.8) is 0 Å². The van der Waals surface area contributed by atoms with Crippen molar-refractivity contribution in [1.29, 1.82) is 0 Å². The summed E-state index contributed by atoms with van der Waals surface area (Å²) < 4.78 is 29.3. The second-order valence-corrected chi connectivity index (χ2v) is 4.30. The van der Waals surface area contributed by atoms with Crippen LogP contribution in [0.5, 0.6) is 0 Å². The number of pyridine rings is 1. The summed E-state index contributed by atoms with van der Waals surface area (Å²) in [7, 11) is -3.92. The van der Waals surface area contributed by atoms with Crippen molar-refractivity contribution in [3.8, 4) is 0 Å². The van der Waals surface area contributed by atoms with Crippen LogP contribution in [0.1, 0.15) is 6.42 Å². The number of aromatic nitrogens is 1. The Bertz CT molecular complexity index is 342. The summed E-state index contributed by atoms with van der Waals surface area (Å²) >= 11 is 0. The molecule has 1 aromatic rings. The Morgan fingerprint density at radius 3 is 2.13 bits per heavy atom. The zero-order chi connectivity index (χ0) is 11.7. The van der Waals surface area contributed by atoms with Crippen molar-refractivity contribution >= 4 is 10.1 Å². The normalized spacial score (nSPS) is 10.3. The third kappa shape index (κ3) is 13.0. The Kier molecular flexibility index (Phi) is 6.85. The van der Waals surface area contributed by atoms with Crippen LogP contribution in [0.2, 0.25) is 0 Å². The monoisotopic (exact) mass is 233 g/mol. The minimum atomic E-state index is -3.92. The molecule has 0 aliphatic heterocycles. The average molecular weight is 233 g/mol. The zero-order valence-electron chi connectivity index (χ0n) is 8.54. The molecule has 0 aliphatic carbocycles. The maximum Gasteiger partial charge on any atom is 0.168 e. The van der Waals surface area contributed by atoms with E-state index in [2.05, 4.69) is 4.57 Å². The van der Waals surface area contributed by atoms with Gasteiger partial charge in [0.05, 0.1) is 10.1 Å². The van der Waals surface area contributed by atoms with Crippen LogP contribution in [0.3, 0.4) is 0 Å². The molecule has 1 rings (SSSR count). The molecule has 0 saturated carbocycles. The molecule has 0 bridgehead atoms. The third-order valence-electron chi connectivity index (χ3n) is 1.35. The van der Waals surface area contributed by atoms with Gasteiger partial charge in [-0.15, -0.1) is 0 Å². The van der Waals surface area contributed by atoms with E-state index in [0.29, 0.717) is 6.26 Å². The summed E-state index contributed by atoms with van der Waals surface area (Å²) in [5.41, 5.74) is 0. The van der Waals surface area contributed by atoms with E-state index in [1.54, 1.807) is 0 Å². The smallest absolute Gasteiger partial charge is 0.168 e. The number of aliphatic hydroxyl groups excluding tert-OH is 1. The number of hydrogen-bond acceptors (Lipinski definition) is 4. The van der Waals surface area contributed by atoms with E-state index in [4.69, 9.17) is 18.1 Å². The molecule has 1 heterocycles. The van der Waals surface area contributed by atoms with Gasteiger partial charge in [0.15, 0.2) is 18.9 Å². The highest BCUT2D eigenvalue weighted by Gasteiger charge is 1.93. The SMILES string of the molecule is CS(=O)(=O)[O-].OCCC[n+]1ccccc1. The molecule has 0 aromatic carbocycles. The largest absolute Gasteiger partial charge is 0.748 e. The Labute approximate surface area is 89.7 Å². The molecule has 0 spiro atoms. The average Bonchev–Trinajstić information content (AvgIpc) is 2.14. The zero-order valence-corrected chi connectivity index (χ0v) is 9.35. The number of nitrogens with zero attached hydrogens (tertiary/aromatic N) is 1. The Hall–Kier alpha value is -0.980. The van der Waals surface area contributed by atoms with Gasteiger partial charge in [-0.2, -0.15) is 0 Å². The van der Waals surface area contributed by atoms with Crippen molar-refractivity contribution in [2.75, 3.05) is 12.9 Å². The molecule has 15 heavy (non-hydrogen) atoms. The summed E-state index contributed by atoms with van der Waals surface area (Å²) in [5.74, 6) is 0. The van der Waals surface area contributed by atoms with Gasteiger partial charge in [0.2, 0.25) is 0 Å². The molecule has 1 N–H and O–H groups in total. The molecule has 0 unspecified atom stereocenters. The molecule has 0 radical (unpaired) electrons. The summed E-state index contributed by atoms with van der Waals surface area (Å²) in [6.07, 6.45) is 5.42. The van der Waals surface area contributed by atoms with Crippen molar-refractivity contribution in [1.82, 2.24) is 0 Å². The van der Waals surface area contributed by atoms with E-state index in [-0.39, 0.29) is 6.61 Å². The van der Waals surface area contributed by atoms with Gasteiger partial charge in [0, 0.05) is 31.4 Å². The summed E-state index contributed by atoms with van der Waals surface area (Å²) in [6.45, 7) is 1.17. The van der Waals surface area contributed by atoms with Gasteiger partial charge in [-0.25, -0.2) is 13.0 Å². The van der Waals surface area contributed by atoms with Gasteiger partial charge in [-0.3, -0.25) is 0 Å². The highest BCUT2D eigenvalue weighted by Crippen LogP contribution is 1.79. The molecule has 6 heteroatoms. The quantitative estimate of drug-likeness (QED) is 0.564. The second-order valence-electron chi connectivity index (χ2n) is 2.89. The maximum absolute atomic E-state index is 9.08. The first kappa shape index (κ1) is 14.0. The van der Waals surface area contributed by atoms with Crippen LogP contribution < -0.4 is 4.57 Å². The first-order chi connectivity index (χ1) is 6.93. The highest BCUT2D eigenvalue weighted by molar-refractivity contribution is 7.84. The fraction of sp³-hybridized carbons (Fsp3) is 0.444. The lowest BCUT2D eigenvalue weighted by Gasteiger charge is -1.91. The lowest BCUT2D eigenvalue weighted by molar-refractivity contribution is -0.697. The van der Waals surface area contributed by atoms with Crippen LogP contribution in [-0.4, -0.2) is 30.9 Å². The van der Waals surface area contributed by atoms with Crippen molar-refractivity contribution in [2.45, 2.75) is 13.0 Å². The second kappa shape index (κ2) is 7.33. The van der Waals surface area contributed by atoms with E-state index in [9.17, 15) is 0 Å². The predicted molar refractivity (Wildman–Crippen MR) is 54.0 cm³/mol. The lowest BCUT2D eigenvalue weighted by atomic mass is 10.4. The summed E-state index contributed by atoms with van der Waals surface area (Å²) in [5, 5.41) is 8.51. The summed E-state index contributed by atoms with van der Waals surface area (Å²) in [6, 6.07) is 5.95. The molecule has 0 atom stereocenters. The number of aryl methyl sites for hydroxylation is 1. The van der Waals surface area contributed by atoms with E-state index in [0.717, 1.165) is 13.0 Å². The van der Waals surface area contributed by atoms with Crippen molar-refractivity contribution in [2.24, 2.45) is 0 Å². The van der Waals surface area contributed by atoms with Gasteiger partial charge < -0.3 is 9.66 Å². The van der Waals surface area contributed by atoms with Gasteiger partial charge in [-0.05, 0) is 0 Å². The van der Waals surface area contributed by atoms with Gasteiger partial charge >= 0.3 is 0 Å². The first-order valence-electron chi connectivity index (χ1n) is 4.39. The van der Waals surface area contributed by atoms with E-state index < -0.39 is 10.1 Å². The minimum absolute atomic E-state index is 0.266. The van der Waals surface area contributed by atoms with Crippen LogP contribution in [0.15, 0.2) is 30.6 Å². The number of rotatable bonds is 3. The Balaban J connectivity index is 0.000000336. The predicted octanol–water partition coefficient (Wildman–Crippen LogP) is -0.482. The van der Waals surface area contributed by atoms with E-state index in [1.165, 1.54) is 0 Å². The summed E-state index contributed by atoms with van der Waals surface area (Å²) in [4.78, 5) is 0. The molecule has 86 valence electrons. The maximum atomic E-state index is 9.08. The van der Waals surface area contributed by atoms with Gasteiger partial charge in [0.1, 0.15) is 0 Å². The lowest BCUT2D eigenvalue weighted by Crippen LogP contribution is -2.32. The van der Waals surface area contributed by atoms with E-state index in [1.807, 2.05) is 30.6 Å². The first-order valence-corrected chi connectivity index (χ1v) is 6.21. The van der Waals surface area contributed by atoms with Crippen LogP contribution in [0, 0.1) is 0 Å². The fourth-order valence-corrected chi connectivity index (χ4v) is 0.837. The van der Waals surface area contributed by atoms with E-state index >= 15 is 0 Å². The Morgan fingerprint density at radius 2 is 1.73 bits per heavy atom. The highest BCUT2D eigenvalue weighted by atomic mass is 32.2. The minimum Gasteiger partial charge on any atom is -0.748 e. The molecule has 0 aliphatic rings. The number of aliphatic hydroxyl groups is 1. The van der Waals surface area contributed by atoms with Crippen LogP contribution >= 0.6 is 0 Å². The van der Waals surface area contributed by atoms with Crippen molar-refractivity contribution in [3.05, 3.63) is 30.6 Å². The molecule has 1 aromatic heterocycles. The molecule has 0 amide bonds. The molecule has 5 nitrogen and oxygen atoms in total. The molecular formula is C9H15NO4S.